The maximum atomic E-state index is 13.3. The number of thioether (sulfide) groups is 1. The summed E-state index contributed by atoms with van der Waals surface area (Å²) in [5.74, 6) is 0.606. The molecule has 0 aliphatic carbocycles. The summed E-state index contributed by atoms with van der Waals surface area (Å²) in [5.41, 5.74) is 1.75. The molecule has 2 fully saturated rings. The van der Waals surface area contributed by atoms with E-state index in [1.165, 1.54) is 33.4 Å². The number of hydrogen-bond acceptors (Lipinski definition) is 6. The second kappa shape index (κ2) is 9.72. The van der Waals surface area contributed by atoms with Gasteiger partial charge in [0.25, 0.3) is 11.5 Å². The molecular formula is C25H25FN4O2S2. The third-order valence-electron chi connectivity index (χ3n) is 6.33. The van der Waals surface area contributed by atoms with Crippen LogP contribution in [-0.4, -0.2) is 32.8 Å². The summed E-state index contributed by atoms with van der Waals surface area (Å²) in [6, 6.07) is 8.00. The standard InChI is InChI=1S/C25H25FN4O2S2/c1-15-5-4-10-29(13-15)22-19(16(2)20(12-27)23(31)28(22)3)11-21-24(32)30(25(33)34-21)14-17-6-8-18(26)9-7-17/h6-9,11,15H,4-5,10,13-14H2,1-3H3/b21-11+. The third-order valence-corrected chi connectivity index (χ3v) is 7.71. The Labute approximate surface area is 207 Å². The van der Waals surface area contributed by atoms with Gasteiger partial charge in [0, 0.05) is 25.7 Å². The number of halogens is 1. The molecule has 6 nitrogen and oxygen atoms in total. The summed E-state index contributed by atoms with van der Waals surface area (Å²) in [4.78, 5) is 30.3. The molecule has 1 amide bonds. The van der Waals surface area contributed by atoms with Crippen LogP contribution in [-0.2, 0) is 18.4 Å². The predicted octanol–water partition coefficient (Wildman–Crippen LogP) is 4.34. The molecule has 1 unspecified atom stereocenters. The minimum atomic E-state index is -0.341. The van der Waals surface area contributed by atoms with Gasteiger partial charge in [-0.15, -0.1) is 0 Å². The average Bonchev–Trinajstić information content (AvgIpc) is 3.06. The van der Waals surface area contributed by atoms with Gasteiger partial charge in [-0.1, -0.05) is 43.0 Å². The van der Waals surface area contributed by atoms with Crippen LogP contribution in [0.15, 0.2) is 34.0 Å². The van der Waals surface area contributed by atoms with Gasteiger partial charge >= 0.3 is 0 Å². The number of nitriles is 1. The van der Waals surface area contributed by atoms with E-state index < -0.39 is 0 Å². The zero-order valence-corrected chi connectivity index (χ0v) is 20.9. The Morgan fingerprint density at radius 3 is 2.65 bits per heavy atom. The zero-order chi connectivity index (χ0) is 24.6. The number of rotatable bonds is 4. The molecule has 0 saturated carbocycles. The van der Waals surface area contributed by atoms with Gasteiger partial charge in [-0.3, -0.25) is 19.1 Å². The Morgan fingerprint density at radius 2 is 2.00 bits per heavy atom. The highest BCUT2D eigenvalue weighted by molar-refractivity contribution is 8.26. The van der Waals surface area contributed by atoms with Crippen LogP contribution in [0, 0.1) is 30.0 Å². The first kappa shape index (κ1) is 24.2. The minimum Gasteiger partial charge on any atom is -0.357 e. The van der Waals surface area contributed by atoms with Crippen LogP contribution in [0.25, 0.3) is 6.08 Å². The van der Waals surface area contributed by atoms with Gasteiger partial charge in [-0.2, -0.15) is 5.26 Å². The predicted molar refractivity (Wildman–Crippen MR) is 137 cm³/mol. The Bertz CT molecular complexity index is 1290. The van der Waals surface area contributed by atoms with Crippen molar-refractivity contribution in [2.75, 3.05) is 18.0 Å². The molecule has 0 N–H and O–H groups in total. The number of carbonyl (C=O) groups excluding carboxylic acids is 1. The number of amides is 1. The number of aromatic nitrogens is 1. The van der Waals surface area contributed by atoms with Crippen molar-refractivity contribution in [3.05, 3.63) is 67.6 Å². The lowest BCUT2D eigenvalue weighted by Crippen LogP contribution is -2.39. The summed E-state index contributed by atoms with van der Waals surface area (Å²) in [6.45, 7) is 5.78. The fraction of sp³-hybridized carbons (Fsp3) is 0.360. The van der Waals surface area contributed by atoms with Gasteiger partial charge in [-0.05, 0) is 55.0 Å². The highest BCUT2D eigenvalue weighted by Crippen LogP contribution is 2.37. The van der Waals surface area contributed by atoms with E-state index in [1.54, 1.807) is 32.2 Å². The maximum absolute atomic E-state index is 13.3. The first-order chi connectivity index (χ1) is 16.2. The number of anilines is 1. The number of hydrogen-bond donors (Lipinski definition) is 0. The summed E-state index contributed by atoms with van der Waals surface area (Å²) in [5, 5.41) is 9.65. The highest BCUT2D eigenvalue weighted by Gasteiger charge is 2.33. The molecule has 4 rings (SSSR count). The lowest BCUT2D eigenvalue weighted by molar-refractivity contribution is -0.122. The first-order valence-electron chi connectivity index (χ1n) is 11.1. The smallest absolute Gasteiger partial charge is 0.270 e. The van der Waals surface area contributed by atoms with E-state index in [0.717, 1.165) is 37.3 Å². The highest BCUT2D eigenvalue weighted by atomic mass is 32.2. The molecule has 3 heterocycles. The number of nitrogens with zero attached hydrogens (tertiary/aromatic N) is 4. The Kier molecular flexibility index (Phi) is 6.91. The third kappa shape index (κ3) is 4.52. The zero-order valence-electron chi connectivity index (χ0n) is 19.3. The number of pyridine rings is 1. The second-order valence-electron chi connectivity index (χ2n) is 8.80. The van der Waals surface area contributed by atoms with E-state index in [0.29, 0.717) is 26.3 Å². The van der Waals surface area contributed by atoms with Gasteiger partial charge in [0.1, 0.15) is 27.6 Å². The van der Waals surface area contributed by atoms with E-state index in [2.05, 4.69) is 11.8 Å². The van der Waals surface area contributed by atoms with Crippen LogP contribution in [0.3, 0.4) is 0 Å². The molecule has 0 bridgehead atoms. The van der Waals surface area contributed by atoms with Crippen molar-refractivity contribution in [2.45, 2.75) is 33.2 Å². The second-order valence-corrected chi connectivity index (χ2v) is 10.5. The molecule has 34 heavy (non-hydrogen) atoms. The van der Waals surface area contributed by atoms with Crippen molar-refractivity contribution < 1.29 is 9.18 Å². The molecule has 2 aliphatic heterocycles. The molecule has 0 radical (unpaired) electrons. The summed E-state index contributed by atoms with van der Waals surface area (Å²) in [6.07, 6.45) is 3.89. The Balaban J connectivity index is 1.77. The van der Waals surface area contributed by atoms with E-state index in [-0.39, 0.29) is 29.4 Å². The van der Waals surface area contributed by atoms with Gasteiger partial charge < -0.3 is 4.90 Å². The maximum Gasteiger partial charge on any atom is 0.270 e. The number of thiocarbonyl (C=S) groups is 1. The van der Waals surface area contributed by atoms with Crippen molar-refractivity contribution in [3.8, 4) is 6.07 Å². The summed E-state index contributed by atoms with van der Waals surface area (Å²) < 4.78 is 15.2. The minimum absolute atomic E-state index is 0.0735. The van der Waals surface area contributed by atoms with E-state index >= 15 is 0 Å². The molecule has 9 heteroatoms. The number of piperidine rings is 1. The molecule has 0 spiro atoms. The van der Waals surface area contributed by atoms with Crippen LogP contribution >= 0.6 is 24.0 Å². The van der Waals surface area contributed by atoms with Gasteiger partial charge in [0.05, 0.1) is 11.4 Å². The molecule has 1 aromatic carbocycles. The average molecular weight is 497 g/mol. The fourth-order valence-electron chi connectivity index (χ4n) is 4.52. The van der Waals surface area contributed by atoms with Crippen molar-refractivity contribution >= 4 is 46.1 Å². The van der Waals surface area contributed by atoms with E-state index in [9.17, 15) is 19.2 Å². The van der Waals surface area contributed by atoms with E-state index in [1.807, 2.05) is 6.07 Å². The van der Waals surface area contributed by atoms with Gasteiger partial charge in [0.2, 0.25) is 0 Å². The molecule has 2 aliphatic rings. The molecular weight excluding hydrogens is 471 g/mol. The number of carbonyl (C=O) groups is 1. The fourth-order valence-corrected chi connectivity index (χ4v) is 5.75. The molecule has 176 valence electrons. The van der Waals surface area contributed by atoms with Crippen LogP contribution in [0.5, 0.6) is 0 Å². The molecule has 2 saturated heterocycles. The van der Waals surface area contributed by atoms with Crippen LogP contribution in [0.2, 0.25) is 0 Å². The Morgan fingerprint density at radius 1 is 1.29 bits per heavy atom. The van der Waals surface area contributed by atoms with Crippen LogP contribution in [0.4, 0.5) is 10.2 Å². The monoisotopic (exact) mass is 496 g/mol. The number of benzene rings is 1. The Hall–Kier alpha value is -2.96. The lowest BCUT2D eigenvalue weighted by Gasteiger charge is -2.35. The van der Waals surface area contributed by atoms with Crippen molar-refractivity contribution in [3.63, 3.8) is 0 Å². The lowest BCUT2D eigenvalue weighted by atomic mass is 9.98. The van der Waals surface area contributed by atoms with Crippen LogP contribution < -0.4 is 10.5 Å². The SMILES string of the molecule is Cc1c(/C=C2/SC(=S)N(Cc3ccc(F)cc3)C2=O)c(N2CCCC(C)C2)n(C)c(=O)c1C#N. The first-order valence-corrected chi connectivity index (χ1v) is 12.3. The van der Waals surface area contributed by atoms with Gasteiger partial charge in [0.15, 0.2) is 0 Å². The molecule has 2 aromatic rings. The summed E-state index contributed by atoms with van der Waals surface area (Å²) >= 11 is 6.67. The van der Waals surface area contributed by atoms with Crippen molar-refractivity contribution in [1.29, 1.82) is 5.26 Å². The topological polar surface area (TPSA) is 69.3 Å². The van der Waals surface area contributed by atoms with E-state index in [4.69, 9.17) is 12.2 Å². The van der Waals surface area contributed by atoms with Crippen LogP contribution in [0.1, 0.15) is 42.0 Å². The molecule has 1 aromatic heterocycles. The largest absolute Gasteiger partial charge is 0.357 e. The summed E-state index contributed by atoms with van der Waals surface area (Å²) in [7, 11) is 1.67. The molecule has 1 atom stereocenters. The quantitative estimate of drug-likeness (QED) is 0.463. The van der Waals surface area contributed by atoms with Crippen molar-refractivity contribution in [2.24, 2.45) is 13.0 Å². The van der Waals surface area contributed by atoms with Crippen molar-refractivity contribution in [1.82, 2.24) is 9.47 Å². The van der Waals surface area contributed by atoms with Gasteiger partial charge in [-0.25, -0.2) is 4.39 Å². The normalized spacial score (nSPS) is 19.7.